The highest BCUT2D eigenvalue weighted by atomic mass is 35.5. The third kappa shape index (κ3) is 4.82. The van der Waals surface area contributed by atoms with Crippen LogP contribution < -0.4 is 5.32 Å². The van der Waals surface area contributed by atoms with Gasteiger partial charge in [-0.15, -0.1) is 0 Å². The minimum absolute atomic E-state index is 0.0504. The molecule has 8 nitrogen and oxygen atoms in total. The van der Waals surface area contributed by atoms with Gasteiger partial charge in [-0.3, -0.25) is 14.3 Å². The summed E-state index contributed by atoms with van der Waals surface area (Å²) in [5.74, 6) is -0.487. The van der Waals surface area contributed by atoms with Gasteiger partial charge in [0.05, 0.1) is 13.7 Å². The molecule has 34 heavy (non-hydrogen) atoms. The molecule has 1 aliphatic carbocycles. The molecule has 0 radical (unpaired) electrons. The highest BCUT2D eigenvalue weighted by molar-refractivity contribution is 6.30. The van der Waals surface area contributed by atoms with Crippen LogP contribution in [0.25, 0.3) is 0 Å². The molecular formula is C25H31ClN4O4. The van der Waals surface area contributed by atoms with Crippen LogP contribution in [-0.2, 0) is 22.5 Å². The summed E-state index contributed by atoms with van der Waals surface area (Å²) in [6, 6.07) is 8.97. The summed E-state index contributed by atoms with van der Waals surface area (Å²) in [5, 5.41) is 8.11. The number of nitrogens with one attached hydrogen (secondary N) is 1. The Morgan fingerprint density at radius 2 is 1.88 bits per heavy atom. The van der Waals surface area contributed by atoms with Gasteiger partial charge in [-0.2, -0.15) is 5.10 Å². The average Bonchev–Trinajstić information content (AvgIpc) is 3.25. The van der Waals surface area contributed by atoms with Crippen molar-refractivity contribution >= 4 is 29.4 Å². The van der Waals surface area contributed by atoms with Crippen LogP contribution in [0.3, 0.4) is 0 Å². The Bertz CT molecular complexity index is 1080. The third-order valence-corrected chi connectivity index (χ3v) is 7.32. The molecule has 0 spiro atoms. The van der Waals surface area contributed by atoms with Crippen LogP contribution >= 0.6 is 11.6 Å². The van der Waals surface area contributed by atoms with Gasteiger partial charge in [-0.05, 0) is 62.6 Å². The molecule has 1 aliphatic heterocycles. The molecule has 0 saturated heterocycles. The standard InChI is InChI=1S/C25H31ClN4O4/c1-16-4-10-19(11-5-16)27-24(33)25(2)15-30-21(14-20(28-30)23(32)34-3)22(31)29(25)13-12-17-6-8-18(26)9-7-17/h6-9,14,16,19H,4-5,10-13,15H2,1-3H3,(H,27,33)/t16?,19?,25-/m0/s1. The molecule has 1 fully saturated rings. The van der Waals surface area contributed by atoms with Gasteiger partial charge < -0.3 is 15.0 Å². The molecule has 1 aromatic carbocycles. The van der Waals surface area contributed by atoms with E-state index in [1.165, 1.54) is 17.9 Å². The van der Waals surface area contributed by atoms with Crippen LogP contribution in [0.2, 0.25) is 5.02 Å². The van der Waals surface area contributed by atoms with Gasteiger partial charge in [0.1, 0.15) is 11.2 Å². The summed E-state index contributed by atoms with van der Waals surface area (Å²) in [5.41, 5.74) is 0.178. The van der Waals surface area contributed by atoms with Gasteiger partial charge in [-0.1, -0.05) is 30.7 Å². The molecule has 9 heteroatoms. The van der Waals surface area contributed by atoms with Crippen LogP contribution in [0.15, 0.2) is 30.3 Å². The second kappa shape index (κ2) is 9.78. The van der Waals surface area contributed by atoms with Crippen LogP contribution in [0.4, 0.5) is 0 Å². The predicted molar refractivity (Wildman–Crippen MR) is 128 cm³/mol. The molecule has 1 saturated carbocycles. The van der Waals surface area contributed by atoms with Crippen molar-refractivity contribution in [1.29, 1.82) is 0 Å². The lowest BCUT2D eigenvalue weighted by Gasteiger charge is -2.44. The minimum Gasteiger partial charge on any atom is -0.464 e. The van der Waals surface area contributed by atoms with Gasteiger partial charge in [0.25, 0.3) is 5.91 Å². The first-order valence-electron chi connectivity index (χ1n) is 11.7. The maximum atomic E-state index is 13.6. The lowest BCUT2D eigenvalue weighted by molar-refractivity contribution is -0.134. The zero-order valence-electron chi connectivity index (χ0n) is 19.8. The summed E-state index contributed by atoms with van der Waals surface area (Å²) in [6.45, 7) is 4.50. The van der Waals surface area contributed by atoms with Crippen molar-refractivity contribution in [2.24, 2.45) is 5.92 Å². The Hall–Kier alpha value is -2.87. The Morgan fingerprint density at radius 1 is 1.21 bits per heavy atom. The first-order valence-corrected chi connectivity index (χ1v) is 12.1. The Kier molecular flexibility index (Phi) is 6.98. The molecule has 2 aromatic rings. The van der Waals surface area contributed by atoms with E-state index in [-0.39, 0.29) is 35.8 Å². The molecule has 182 valence electrons. The van der Waals surface area contributed by atoms with Crippen molar-refractivity contribution < 1.29 is 19.1 Å². The molecule has 1 aromatic heterocycles. The SMILES string of the molecule is COC(=O)c1cc2n(n1)C[C@@](C)(C(=O)NC1CCC(C)CC1)N(CCc1ccc(Cl)cc1)C2=O. The number of methoxy groups -OCH3 is 1. The van der Waals surface area contributed by atoms with E-state index < -0.39 is 11.5 Å². The molecule has 0 bridgehead atoms. The summed E-state index contributed by atoms with van der Waals surface area (Å²) in [4.78, 5) is 40.9. The van der Waals surface area contributed by atoms with Crippen molar-refractivity contribution in [3.8, 4) is 0 Å². The van der Waals surface area contributed by atoms with Crippen molar-refractivity contribution in [1.82, 2.24) is 20.0 Å². The second-order valence-electron chi connectivity index (χ2n) is 9.60. The molecule has 1 N–H and O–H groups in total. The summed E-state index contributed by atoms with van der Waals surface area (Å²) < 4.78 is 6.22. The number of nitrogens with zero attached hydrogens (tertiary/aromatic N) is 3. The number of carbonyl (C=O) groups is 3. The molecule has 0 unspecified atom stereocenters. The van der Waals surface area contributed by atoms with E-state index in [4.69, 9.17) is 16.3 Å². The van der Waals surface area contributed by atoms with Crippen molar-refractivity contribution in [2.75, 3.05) is 13.7 Å². The van der Waals surface area contributed by atoms with Gasteiger partial charge >= 0.3 is 5.97 Å². The number of halogens is 1. The van der Waals surface area contributed by atoms with Crippen LogP contribution in [0, 0.1) is 5.92 Å². The van der Waals surface area contributed by atoms with Crippen molar-refractivity contribution in [2.45, 2.75) is 64.1 Å². The van der Waals surface area contributed by atoms with E-state index in [2.05, 4.69) is 17.3 Å². The molecule has 1 atom stereocenters. The number of amides is 2. The molecule has 2 aliphatic rings. The maximum Gasteiger partial charge on any atom is 0.358 e. The lowest BCUT2D eigenvalue weighted by atomic mass is 9.86. The monoisotopic (exact) mass is 486 g/mol. The Balaban J connectivity index is 1.61. The molecule has 4 rings (SSSR count). The van der Waals surface area contributed by atoms with Gasteiger partial charge in [0.15, 0.2) is 5.69 Å². The average molecular weight is 487 g/mol. The van der Waals surface area contributed by atoms with Crippen LogP contribution in [0.5, 0.6) is 0 Å². The van der Waals surface area contributed by atoms with E-state index in [1.807, 2.05) is 24.3 Å². The first kappa shape index (κ1) is 24.3. The van der Waals surface area contributed by atoms with Gasteiger partial charge in [-0.25, -0.2) is 4.79 Å². The molecule has 2 heterocycles. The number of esters is 1. The fourth-order valence-electron chi connectivity index (χ4n) is 4.83. The largest absolute Gasteiger partial charge is 0.464 e. The van der Waals surface area contributed by atoms with Gasteiger partial charge in [0, 0.05) is 23.7 Å². The van der Waals surface area contributed by atoms with E-state index >= 15 is 0 Å². The smallest absolute Gasteiger partial charge is 0.358 e. The zero-order valence-corrected chi connectivity index (χ0v) is 20.6. The summed E-state index contributed by atoms with van der Waals surface area (Å²) >= 11 is 6.00. The topological polar surface area (TPSA) is 93.5 Å². The van der Waals surface area contributed by atoms with Crippen molar-refractivity contribution in [3.63, 3.8) is 0 Å². The minimum atomic E-state index is -1.15. The fraction of sp³-hybridized carbons (Fsp3) is 0.520. The predicted octanol–water partition coefficient (Wildman–Crippen LogP) is 3.48. The number of benzene rings is 1. The first-order chi connectivity index (χ1) is 16.2. The second-order valence-corrected chi connectivity index (χ2v) is 10.0. The van der Waals surface area contributed by atoms with Crippen LogP contribution in [-0.4, -0.2) is 57.7 Å². The summed E-state index contributed by atoms with van der Waals surface area (Å²) in [7, 11) is 1.27. The Morgan fingerprint density at radius 3 is 2.53 bits per heavy atom. The number of fused-ring (bicyclic) bond motifs is 1. The van der Waals surface area contributed by atoms with Crippen LogP contribution in [0.1, 0.15) is 66.1 Å². The number of ether oxygens (including phenoxy) is 1. The normalized spacial score (nSPS) is 24.5. The number of hydrogen-bond donors (Lipinski definition) is 1. The van der Waals surface area contributed by atoms with E-state index in [9.17, 15) is 14.4 Å². The lowest BCUT2D eigenvalue weighted by Crippen LogP contribution is -2.65. The van der Waals surface area contributed by atoms with Gasteiger partial charge in [0.2, 0.25) is 5.91 Å². The third-order valence-electron chi connectivity index (χ3n) is 7.07. The quantitative estimate of drug-likeness (QED) is 0.631. The number of rotatable bonds is 6. The molecular weight excluding hydrogens is 456 g/mol. The maximum absolute atomic E-state index is 13.6. The van der Waals surface area contributed by atoms with Crippen molar-refractivity contribution in [3.05, 3.63) is 52.3 Å². The molecule has 2 amide bonds. The highest BCUT2D eigenvalue weighted by Gasteiger charge is 2.48. The van der Waals surface area contributed by atoms with E-state index in [0.717, 1.165) is 31.2 Å². The number of aromatic nitrogens is 2. The van der Waals surface area contributed by atoms with E-state index in [0.29, 0.717) is 23.9 Å². The summed E-state index contributed by atoms with van der Waals surface area (Å²) in [6.07, 6.45) is 4.58. The number of carbonyl (C=O) groups excluding carboxylic acids is 3. The fourth-order valence-corrected chi connectivity index (χ4v) is 4.96. The Labute approximate surface area is 204 Å². The number of hydrogen-bond acceptors (Lipinski definition) is 5. The zero-order chi connectivity index (χ0) is 24.5. The van der Waals surface area contributed by atoms with E-state index in [1.54, 1.807) is 11.8 Å². The highest BCUT2D eigenvalue weighted by Crippen LogP contribution is 2.30.